The third-order valence-corrected chi connectivity index (χ3v) is 3.66. The quantitative estimate of drug-likeness (QED) is 0.898. The molecule has 0 aromatic carbocycles. The van der Waals surface area contributed by atoms with Gasteiger partial charge in [0.1, 0.15) is 11.6 Å². The Balaban J connectivity index is 3.12. The zero-order chi connectivity index (χ0) is 12.1. The molecule has 1 aromatic heterocycles. The molecule has 90 valence electrons. The monoisotopic (exact) mass is 285 g/mol. The van der Waals surface area contributed by atoms with Crippen LogP contribution in [0.5, 0.6) is 0 Å². The molecule has 0 radical (unpaired) electrons. The highest BCUT2D eigenvalue weighted by atomic mass is 79.9. The third-order valence-electron chi connectivity index (χ3n) is 2.80. The number of nitrogens with zero attached hydrogens (tertiary/aromatic N) is 2. The molecular weight excluding hydrogens is 266 g/mol. The zero-order valence-corrected chi connectivity index (χ0v) is 11.8. The minimum absolute atomic E-state index is 0.422. The topological polar surface area (TPSA) is 51.8 Å². The number of hydrogen-bond donors (Lipinski definition) is 1. The molecule has 0 aliphatic heterocycles. The molecule has 16 heavy (non-hydrogen) atoms. The normalized spacial score (nSPS) is 11.1. The third kappa shape index (κ3) is 2.94. The Kier molecular flexibility index (Phi) is 5.19. The highest BCUT2D eigenvalue weighted by Crippen LogP contribution is 2.27. The van der Waals surface area contributed by atoms with Gasteiger partial charge < -0.3 is 5.73 Å². The summed E-state index contributed by atoms with van der Waals surface area (Å²) < 4.78 is 0.865. The van der Waals surface area contributed by atoms with E-state index in [4.69, 9.17) is 5.73 Å². The average molecular weight is 286 g/mol. The number of hydrogen-bond acceptors (Lipinski definition) is 3. The molecule has 4 heteroatoms. The van der Waals surface area contributed by atoms with Crippen LogP contribution in [-0.2, 0) is 6.42 Å². The van der Waals surface area contributed by atoms with Gasteiger partial charge in [0.05, 0.1) is 10.2 Å². The van der Waals surface area contributed by atoms with E-state index in [0.717, 1.165) is 41.7 Å². The van der Waals surface area contributed by atoms with Gasteiger partial charge in [0.15, 0.2) is 0 Å². The fourth-order valence-corrected chi connectivity index (χ4v) is 2.15. The SMILES string of the molecule is CCCc1nc(C(CC)CC)nc(N)c1Br. The number of aryl methyl sites for hydroxylation is 1. The second kappa shape index (κ2) is 6.18. The molecular formula is C12H20BrN3. The van der Waals surface area contributed by atoms with Crippen LogP contribution < -0.4 is 5.73 Å². The molecule has 0 unspecified atom stereocenters. The van der Waals surface area contributed by atoms with E-state index >= 15 is 0 Å². The molecule has 0 aliphatic rings. The van der Waals surface area contributed by atoms with Gasteiger partial charge in [-0.1, -0.05) is 27.2 Å². The van der Waals surface area contributed by atoms with Crippen molar-refractivity contribution in [2.75, 3.05) is 5.73 Å². The molecule has 0 atom stereocenters. The molecule has 1 aromatic rings. The van der Waals surface area contributed by atoms with Gasteiger partial charge in [-0.2, -0.15) is 0 Å². The number of halogens is 1. The Labute approximate surface area is 106 Å². The molecule has 3 nitrogen and oxygen atoms in total. The molecule has 0 amide bonds. The van der Waals surface area contributed by atoms with Crippen molar-refractivity contribution in [2.24, 2.45) is 0 Å². The molecule has 0 saturated heterocycles. The van der Waals surface area contributed by atoms with Crippen LogP contribution in [0.4, 0.5) is 5.82 Å². The molecule has 0 aliphatic carbocycles. The summed E-state index contributed by atoms with van der Waals surface area (Å²) >= 11 is 3.46. The summed E-state index contributed by atoms with van der Waals surface area (Å²) in [5.74, 6) is 1.89. The van der Waals surface area contributed by atoms with Crippen LogP contribution in [0.15, 0.2) is 4.47 Å². The predicted octanol–water partition coefficient (Wildman–Crippen LogP) is 3.68. The summed E-state index contributed by atoms with van der Waals surface area (Å²) in [7, 11) is 0. The van der Waals surface area contributed by atoms with Crippen molar-refractivity contribution in [1.29, 1.82) is 0 Å². The Morgan fingerprint density at radius 2 is 1.81 bits per heavy atom. The summed E-state index contributed by atoms with van der Waals surface area (Å²) in [6.45, 7) is 6.46. The van der Waals surface area contributed by atoms with E-state index in [1.165, 1.54) is 0 Å². The molecule has 0 saturated carbocycles. The van der Waals surface area contributed by atoms with Gasteiger partial charge >= 0.3 is 0 Å². The molecule has 0 spiro atoms. The molecule has 1 heterocycles. The fraction of sp³-hybridized carbons (Fsp3) is 0.667. The lowest BCUT2D eigenvalue weighted by atomic mass is 10.0. The van der Waals surface area contributed by atoms with Crippen molar-refractivity contribution in [1.82, 2.24) is 9.97 Å². The first-order valence-corrected chi connectivity index (χ1v) is 6.75. The van der Waals surface area contributed by atoms with E-state index in [-0.39, 0.29) is 0 Å². The Hall–Kier alpha value is -0.640. The van der Waals surface area contributed by atoms with Gasteiger partial charge in [-0.25, -0.2) is 9.97 Å². The lowest BCUT2D eigenvalue weighted by Gasteiger charge is -2.14. The Morgan fingerprint density at radius 3 is 2.31 bits per heavy atom. The second-order valence-electron chi connectivity index (χ2n) is 3.99. The molecule has 0 fully saturated rings. The lowest BCUT2D eigenvalue weighted by Crippen LogP contribution is -2.09. The minimum Gasteiger partial charge on any atom is -0.383 e. The maximum atomic E-state index is 5.90. The maximum absolute atomic E-state index is 5.90. The summed E-state index contributed by atoms with van der Waals surface area (Å²) in [5, 5.41) is 0. The van der Waals surface area contributed by atoms with Crippen LogP contribution in [0.25, 0.3) is 0 Å². The highest BCUT2D eigenvalue weighted by molar-refractivity contribution is 9.10. The molecule has 0 bridgehead atoms. The van der Waals surface area contributed by atoms with Gasteiger partial charge in [0, 0.05) is 5.92 Å². The van der Waals surface area contributed by atoms with E-state index < -0.39 is 0 Å². The fourth-order valence-electron chi connectivity index (χ4n) is 1.77. The van der Waals surface area contributed by atoms with Crippen LogP contribution in [0.2, 0.25) is 0 Å². The second-order valence-corrected chi connectivity index (χ2v) is 4.78. The van der Waals surface area contributed by atoms with E-state index in [0.29, 0.717) is 11.7 Å². The highest BCUT2D eigenvalue weighted by Gasteiger charge is 2.15. The number of aromatic nitrogens is 2. The van der Waals surface area contributed by atoms with Crippen LogP contribution >= 0.6 is 15.9 Å². The predicted molar refractivity (Wildman–Crippen MR) is 71.5 cm³/mol. The van der Waals surface area contributed by atoms with Crippen molar-refractivity contribution >= 4 is 21.7 Å². The number of nitrogens with two attached hydrogens (primary N) is 1. The smallest absolute Gasteiger partial charge is 0.141 e. The maximum Gasteiger partial charge on any atom is 0.141 e. The minimum atomic E-state index is 0.422. The first-order valence-electron chi connectivity index (χ1n) is 5.95. The molecule has 1 rings (SSSR count). The zero-order valence-electron chi connectivity index (χ0n) is 10.3. The standard InChI is InChI=1S/C12H20BrN3/c1-4-7-9-10(13)11(14)16-12(15-9)8(5-2)6-3/h8H,4-7H2,1-3H3,(H2,14,15,16). The van der Waals surface area contributed by atoms with E-state index in [1.54, 1.807) is 0 Å². The van der Waals surface area contributed by atoms with Crippen molar-refractivity contribution < 1.29 is 0 Å². The van der Waals surface area contributed by atoms with Crippen molar-refractivity contribution in [3.05, 3.63) is 16.0 Å². The van der Waals surface area contributed by atoms with Crippen LogP contribution in [-0.4, -0.2) is 9.97 Å². The van der Waals surface area contributed by atoms with Crippen LogP contribution in [0.3, 0.4) is 0 Å². The summed E-state index contributed by atoms with van der Waals surface area (Å²) in [6, 6.07) is 0. The summed E-state index contributed by atoms with van der Waals surface area (Å²) in [6.07, 6.45) is 4.13. The first-order chi connectivity index (χ1) is 7.63. The van der Waals surface area contributed by atoms with Gasteiger partial charge in [-0.05, 0) is 35.2 Å². The largest absolute Gasteiger partial charge is 0.383 e. The Bertz CT molecular complexity index is 348. The van der Waals surface area contributed by atoms with Gasteiger partial charge in [-0.15, -0.1) is 0 Å². The van der Waals surface area contributed by atoms with Crippen molar-refractivity contribution in [3.8, 4) is 0 Å². The number of rotatable bonds is 5. The first kappa shape index (κ1) is 13.4. The Morgan fingerprint density at radius 1 is 1.19 bits per heavy atom. The van der Waals surface area contributed by atoms with Gasteiger partial charge in [0.25, 0.3) is 0 Å². The van der Waals surface area contributed by atoms with E-state index in [1.807, 2.05) is 0 Å². The number of anilines is 1. The summed E-state index contributed by atoms with van der Waals surface area (Å²) in [5.41, 5.74) is 6.94. The van der Waals surface area contributed by atoms with E-state index in [9.17, 15) is 0 Å². The van der Waals surface area contributed by atoms with Gasteiger partial charge in [0.2, 0.25) is 0 Å². The van der Waals surface area contributed by atoms with E-state index in [2.05, 4.69) is 46.7 Å². The summed E-state index contributed by atoms with van der Waals surface area (Å²) in [4.78, 5) is 9.00. The average Bonchev–Trinajstić information content (AvgIpc) is 2.27. The molecule has 2 N–H and O–H groups in total. The van der Waals surface area contributed by atoms with Crippen LogP contribution in [0.1, 0.15) is 57.5 Å². The van der Waals surface area contributed by atoms with Crippen molar-refractivity contribution in [2.45, 2.75) is 52.4 Å². The van der Waals surface area contributed by atoms with Crippen LogP contribution in [0, 0.1) is 0 Å². The van der Waals surface area contributed by atoms with Crippen molar-refractivity contribution in [3.63, 3.8) is 0 Å². The lowest BCUT2D eigenvalue weighted by molar-refractivity contribution is 0.597. The number of nitrogen functional groups attached to an aromatic ring is 1. The van der Waals surface area contributed by atoms with Gasteiger partial charge in [-0.3, -0.25) is 0 Å².